The van der Waals surface area contributed by atoms with Gasteiger partial charge in [0, 0.05) is 25.2 Å². The minimum absolute atomic E-state index is 0.0247. The summed E-state index contributed by atoms with van der Waals surface area (Å²) >= 11 is 0. The number of rotatable bonds is 3. The fourth-order valence-corrected chi connectivity index (χ4v) is 2.71. The number of nitrogens with zero attached hydrogens (tertiary/aromatic N) is 1. The Hall–Kier alpha value is -0.930. The molecule has 1 saturated heterocycles. The average molecular weight is 236 g/mol. The number of benzene rings is 1. The summed E-state index contributed by atoms with van der Waals surface area (Å²) in [5.41, 5.74) is 7.18. The topological polar surface area (TPSA) is 29.3 Å². The molecule has 2 rings (SSSR count). The van der Waals surface area contributed by atoms with Crippen molar-refractivity contribution in [2.75, 3.05) is 13.1 Å². The van der Waals surface area contributed by atoms with Crippen molar-refractivity contribution in [3.05, 3.63) is 35.6 Å². The van der Waals surface area contributed by atoms with Gasteiger partial charge in [-0.25, -0.2) is 4.39 Å². The number of hydrogen-bond acceptors (Lipinski definition) is 2. The predicted molar refractivity (Wildman–Crippen MR) is 68.1 cm³/mol. The van der Waals surface area contributed by atoms with E-state index in [1.165, 1.54) is 18.6 Å². The van der Waals surface area contributed by atoms with Gasteiger partial charge in [-0.15, -0.1) is 0 Å². The molecule has 0 spiro atoms. The van der Waals surface area contributed by atoms with Crippen LogP contribution in [-0.2, 0) is 0 Å². The van der Waals surface area contributed by atoms with Gasteiger partial charge < -0.3 is 5.73 Å². The summed E-state index contributed by atoms with van der Waals surface area (Å²) in [5.74, 6) is 0.550. The molecule has 1 aromatic carbocycles. The average Bonchev–Trinajstić information content (AvgIpc) is 2.58. The van der Waals surface area contributed by atoms with Crippen LogP contribution in [0, 0.1) is 11.7 Å². The lowest BCUT2D eigenvalue weighted by Crippen LogP contribution is -2.34. The summed E-state index contributed by atoms with van der Waals surface area (Å²) in [7, 11) is 0. The zero-order chi connectivity index (χ0) is 12.4. The first-order valence-electron chi connectivity index (χ1n) is 6.31. The van der Waals surface area contributed by atoms with E-state index in [0.29, 0.717) is 6.04 Å². The van der Waals surface area contributed by atoms with Crippen molar-refractivity contribution in [1.82, 2.24) is 4.90 Å². The van der Waals surface area contributed by atoms with Crippen molar-refractivity contribution in [3.8, 4) is 0 Å². The van der Waals surface area contributed by atoms with Crippen LogP contribution in [0.15, 0.2) is 24.3 Å². The van der Waals surface area contributed by atoms with Gasteiger partial charge in [0.25, 0.3) is 0 Å². The van der Waals surface area contributed by atoms with Crippen LogP contribution in [0.25, 0.3) is 0 Å². The molecule has 0 amide bonds. The van der Waals surface area contributed by atoms with Gasteiger partial charge in [0.15, 0.2) is 0 Å². The molecule has 17 heavy (non-hydrogen) atoms. The minimum Gasteiger partial charge on any atom is -0.323 e. The molecule has 0 saturated carbocycles. The predicted octanol–water partition coefficient (Wildman–Crippen LogP) is 2.56. The van der Waals surface area contributed by atoms with Gasteiger partial charge in [-0.3, -0.25) is 4.90 Å². The first kappa shape index (κ1) is 12.5. The molecule has 1 heterocycles. The second-order valence-electron chi connectivity index (χ2n) is 5.30. The third-order valence-corrected chi connectivity index (χ3v) is 3.64. The molecule has 1 aromatic rings. The molecule has 3 unspecified atom stereocenters. The molecule has 0 aliphatic carbocycles. The third-order valence-electron chi connectivity index (χ3n) is 3.64. The van der Waals surface area contributed by atoms with Crippen LogP contribution in [0.3, 0.4) is 0 Å². The maximum Gasteiger partial charge on any atom is 0.123 e. The summed E-state index contributed by atoms with van der Waals surface area (Å²) in [6, 6.07) is 7.10. The molecule has 1 fully saturated rings. The second kappa shape index (κ2) is 5.15. The molecule has 1 aliphatic heterocycles. The van der Waals surface area contributed by atoms with Crippen LogP contribution in [0.5, 0.6) is 0 Å². The first-order valence-corrected chi connectivity index (χ1v) is 6.31. The van der Waals surface area contributed by atoms with Gasteiger partial charge in [0.05, 0.1) is 0 Å². The van der Waals surface area contributed by atoms with Crippen LogP contribution < -0.4 is 5.73 Å². The molecule has 1 aliphatic rings. The lowest BCUT2D eigenvalue weighted by molar-refractivity contribution is 0.249. The molecule has 0 radical (unpaired) electrons. The maximum absolute atomic E-state index is 12.8. The third kappa shape index (κ3) is 3.05. The van der Waals surface area contributed by atoms with Gasteiger partial charge in [-0.2, -0.15) is 0 Å². The van der Waals surface area contributed by atoms with Gasteiger partial charge in [0.1, 0.15) is 5.82 Å². The Labute approximate surface area is 103 Å². The number of likely N-dealkylation sites (tertiary alicyclic amines) is 1. The highest BCUT2D eigenvalue weighted by atomic mass is 19.1. The van der Waals surface area contributed by atoms with Gasteiger partial charge >= 0.3 is 0 Å². The van der Waals surface area contributed by atoms with Crippen LogP contribution in [0.2, 0.25) is 0 Å². The Morgan fingerprint density at radius 2 is 2.00 bits per heavy atom. The van der Waals surface area contributed by atoms with Crippen LogP contribution in [0.1, 0.15) is 31.9 Å². The number of hydrogen-bond donors (Lipinski definition) is 1. The van der Waals surface area contributed by atoms with Gasteiger partial charge in [-0.1, -0.05) is 19.1 Å². The van der Waals surface area contributed by atoms with E-state index in [9.17, 15) is 4.39 Å². The van der Waals surface area contributed by atoms with E-state index in [1.54, 1.807) is 12.1 Å². The summed E-state index contributed by atoms with van der Waals surface area (Å²) in [6.45, 7) is 6.51. The molecule has 94 valence electrons. The maximum atomic E-state index is 12.8. The Kier molecular flexibility index (Phi) is 3.79. The zero-order valence-electron chi connectivity index (χ0n) is 10.6. The first-order chi connectivity index (χ1) is 8.06. The molecule has 3 heteroatoms. The molecule has 2 nitrogen and oxygen atoms in total. The Bertz CT molecular complexity index is 363. The van der Waals surface area contributed by atoms with E-state index in [-0.39, 0.29) is 11.9 Å². The van der Waals surface area contributed by atoms with E-state index in [2.05, 4.69) is 18.7 Å². The standard InChI is InChI=1S/C14H21FN2/c1-10-7-11(2)17(8-10)9-14(16)12-3-5-13(15)6-4-12/h3-6,10-11,14H,7-9,16H2,1-2H3. The highest BCUT2D eigenvalue weighted by Crippen LogP contribution is 2.24. The molecule has 3 atom stereocenters. The lowest BCUT2D eigenvalue weighted by Gasteiger charge is -2.25. The molecule has 0 aromatic heterocycles. The normalized spacial score (nSPS) is 27.3. The van der Waals surface area contributed by atoms with Crippen molar-refractivity contribution in [2.24, 2.45) is 11.7 Å². The van der Waals surface area contributed by atoms with Crippen LogP contribution in [-0.4, -0.2) is 24.0 Å². The zero-order valence-corrected chi connectivity index (χ0v) is 10.6. The highest BCUT2D eigenvalue weighted by Gasteiger charge is 2.27. The van der Waals surface area contributed by atoms with Crippen molar-refractivity contribution in [3.63, 3.8) is 0 Å². The molecular formula is C14H21FN2. The summed E-state index contributed by atoms with van der Waals surface area (Å²) < 4.78 is 12.8. The van der Waals surface area contributed by atoms with E-state index in [4.69, 9.17) is 5.73 Å². The summed E-state index contributed by atoms with van der Waals surface area (Å²) in [4.78, 5) is 2.43. The molecule has 0 bridgehead atoms. The lowest BCUT2D eigenvalue weighted by atomic mass is 10.1. The fraction of sp³-hybridized carbons (Fsp3) is 0.571. The fourth-order valence-electron chi connectivity index (χ4n) is 2.71. The van der Waals surface area contributed by atoms with Crippen molar-refractivity contribution < 1.29 is 4.39 Å². The summed E-state index contributed by atoms with van der Waals surface area (Å²) in [5, 5.41) is 0. The Morgan fingerprint density at radius 1 is 1.35 bits per heavy atom. The monoisotopic (exact) mass is 236 g/mol. The Morgan fingerprint density at radius 3 is 2.53 bits per heavy atom. The van der Waals surface area contributed by atoms with Crippen LogP contribution >= 0.6 is 0 Å². The largest absolute Gasteiger partial charge is 0.323 e. The smallest absolute Gasteiger partial charge is 0.123 e. The molecule has 2 N–H and O–H groups in total. The van der Waals surface area contributed by atoms with E-state index < -0.39 is 0 Å². The quantitative estimate of drug-likeness (QED) is 0.874. The van der Waals surface area contributed by atoms with Crippen LogP contribution in [0.4, 0.5) is 4.39 Å². The van der Waals surface area contributed by atoms with Gasteiger partial charge in [-0.05, 0) is 37.0 Å². The highest BCUT2D eigenvalue weighted by molar-refractivity contribution is 5.19. The van der Waals surface area contributed by atoms with E-state index >= 15 is 0 Å². The second-order valence-corrected chi connectivity index (χ2v) is 5.30. The van der Waals surface area contributed by atoms with Gasteiger partial charge in [0.2, 0.25) is 0 Å². The number of nitrogens with two attached hydrogens (primary N) is 1. The van der Waals surface area contributed by atoms with Crippen molar-refractivity contribution in [1.29, 1.82) is 0 Å². The SMILES string of the molecule is CC1CC(C)N(CC(N)c2ccc(F)cc2)C1. The van der Waals surface area contributed by atoms with Crippen molar-refractivity contribution >= 4 is 0 Å². The Balaban J connectivity index is 1.97. The van der Waals surface area contributed by atoms with E-state index in [1.807, 2.05) is 0 Å². The minimum atomic E-state index is -0.205. The van der Waals surface area contributed by atoms with E-state index in [0.717, 1.165) is 24.6 Å². The number of halogens is 1. The summed E-state index contributed by atoms with van der Waals surface area (Å²) in [6.07, 6.45) is 1.25. The van der Waals surface area contributed by atoms with Crippen molar-refractivity contribution in [2.45, 2.75) is 32.4 Å². The molecular weight excluding hydrogens is 215 g/mol.